The SMILES string of the molecule is CC.CNCC/C=C\COCCOC(C)C. The Balaban J connectivity index is 0. The van der Waals surface area contributed by atoms with Gasteiger partial charge in [-0.3, -0.25) is 0 Å². The fourth-order valence-corrected chi connectivity index (χ4v) is 0.908. The lowest BCUT2D eigenvalue weighted by atomic mass is 10.4. The molecular weight excluding hydrogens is 202 g/mol. The summed E-state index contributed by atoms with van der Waals surface area (Å²) in [6.45, 7) is 11.1. The largest absolute Gasteiger partial charge is 0.376 e. The highest BCUT2D eigenvalue weighted by Gasteiger charge is 1.91. The van der Waals surface area contributed by atoms with Gasteiger partial charge in [-0.25, -0.2) is 0 Å². The Labute approximate surface area is 101 Å². The van der Waals surface area contributed by atoms with Crippen molar-refractivity contribution in [3.63, 3.8) is 0 Å². The topological polar surface area (TPSA) is 30.5 Å². The molecule has 3 nitrogen and oxygen atoms in total. The Morgan fingerprint density at radius 3 is 2.38 bits per heavy atom. The van der Waals surface area contributed by atoms with Crippen molar-refractivity contribution in [2.24, 2.45) is 0 Å². The van der Waals surface area contributed by atoms with E-state index in [0.717, 1.165) is 13.0 Å². The average Bonchev–Trinajstić information content (AvgIpc) is 2.29. The first-order valence-corrected chi connectivity index (χ1v) is 6.26. The third-order valence-corrected chi connectivity index (χ3v) is 1.62. The van der Waals surface area contributed by atoms with Gasteiger partial charge in [-0.2, -0.15) is 0 Å². The van der Waals surface area contributed by atoms with E-state index in [4.69, 9.17) is 9.47 Å². The number of rotatable bonds is 9. The lowest BCUT2D eigenvalue weighted by Crippen LogP contribution is -2.09. The van der Waals surface area contributed by atoms with Crippen LogP contribution in [0, 0.1) is 0 Å². The summed E-state index contributed by atoms with van der Waals surface area (Å²) >= 11 is 0. The maximum atomic E-state index is 5.33. The molecule has 0 aliphatic heterocycles. The van der Waals surface area contributed by atoms with E-state index in [0.29, 0.717) is 25.9 Å². The maximum Gasteiger partial charge on any atom is 0.0704 e. The van der Waals surface area contributed by atoms with Crippen LogP contribution in [0.5, 0.6) is 0 Å². The second kappa shape index (κ2) is 17.0. The standard InChI is InChI=1S/C11H23NO2.C2H6/c1-11(2)14-10-9-13-8-6-4-5-7-12-3;1-2/h4,6,11-12H,5,7-10H2,1-3H3;1-2H3/b6-4-;. The quantitative estimate of drug-likeness (QED) is 0.489. The molecule has 1 N–H and O–H groups in total. The first-order chi connectivity index (χ1) is 7.77. The molecule has 0 spiro atoms. The summed E-state index contributed by atoms with van der Waals surface area (Å²) in [6, 6.07) is 0. The summed E-state index contributed by atoms with van der Waals surface area (Å²) in [5.41, 5.74) is 0. The van der Waals surface area contributed by atoms with Crippen LogP contribution in [0.3, 0.4) is 0 Å². The molecule has 0 aromatic heterocycles. The molecule has 0 saturated heterocycles. The van der Waals surface area contributed by atoms with Crippen molar-refractivity contribution in [1.29, 1.82) is 0 Å². The summed E-state index contributed by atoms with van der Waals surface area (Å²) < 4.78 is 10.7. The summed E-state index contributed by atoms with van der Waals surface area (Å²) in [5, 5.41) is 3.08. The van der Waals surface area contributed by atoms with E-state index < -0.39 is 0 Å². The van der Waals surface area contributed by atoms with Crippen LogP contribution in [0.25, 0.3) is 0 Å². The normalized spacial score (nSPS) is 10.6. The van der Waals surface area contributed by atoms with E-state index in [2.05, 4.69) is 11.4 Å². The molecule has 0 bridgehead atoms. The lowest BCUT2D eigenvalue weighted by Gasteiger charge is -2.06. The maximum absolute atomic E-state index is 5.33. The average molecular weight is 231 g/mol. The second-order valence-corrected chi connectivity index (χ2v) is 3.36. The first-order valence-electron chi connectivity index (χ1n) is 6.26. The Kier molecular flexibility index (Phi) is 19.2. The Bertz CT molecular complexity index is 136. The van der Waals surface area contributed by atoms with Crippen molar-refractivity contribution in [3.8, 4) is 0 Å². The van der Waals surface area contributed by atoms with Gasteiger partial charge in [0.1, 0.15) is 0 Å². The molecule has 0 aromatic carbocycles. The van der Waals surface area contributed by atoms with Gasteiger partial charge in [0.15, 0.2) is 0 Å². The van der Waals surface area contributed by atoms with Crippen LogP contribution in [-0.2, 0) is 9.47 Å². The second-order valence-electron chi connectivity index (χ2n) is 3.36. The summed E-state index contributed by atoms with van der Waals surface area (Å²) in [6.07, 6.45) is 5.53. The van der Waals surface area contributed by atoms with E-state index in [1.54, 1.807) is 0 Å². The lowest BCUT2D eigenvalue weighted by molar-refractivity contribution is 0.0268. The van der Waals surface area contributed by atoms with Crippen molar-refractivity contribution in [1.82, 2.24) is 5.32 Å². The van der Waals surface area contributed by atoms with E-state index in [1.165, 1.54) is 0 Å². The minimum atomic E-state index is 0.296. The molecule has 0 aromatic rings. The van der Waals surface area contributed by atoms with Gasteiger partial charge in [-0.15, -0.1) is 0 Å². The van der Waals surface area contributed by atoms with Crippen LogP contribution >= 0.6 is 0 Å². The highest BCUT2D eigenvalue weighted by atomic mass is 16.5. The van der Waals surface area contributed by atoms with Crippen LogP contribution in [0.15, 0.2) is 12.2 Å². The molecule has 0 heterocycles. The van der Waals surface area contributed by atoms with Gasteiger partial charge in [-0.05, 0) is 33.9 Å². The third kappa shape index (κ3) is 19.2. The summed E-state index contributed by atoms with van der Waals surface area (Å²) in [4.78, 5) is 0. The fourth-order valence-electron chi connectivity index (χ4n) is 0.908. The van der Waals surface area contributed by atoms with Gasteiger partial charge in [0.25, 0.3) is 0 Å². The molecule has 98 valence electrons. The highest BCUT2D eigenvalue weighted by Crippen LogP contribution is 1.88. The van der Waals surface area contributed by atoms with Crippen molar-refractivity contribution in [2.45, 2.75) is 40.2 Å². The van der Waals surface area contributed by atoms with Gasteiger partial charge in [0, 0.05) is 0 Å². The van der Waals surface area contributed by atoms with Gasteiger partial charge in [0.2, 0.25) is 0 Å². The molecule has 0 rings (SSSR count). The number of hydrogen-bond donors (Lipinski definition) is 1. The molecule has 0 amide bonds. The smallest absolute Gasteiger partial charge is 0.0704 e. The summed E-state index contributed by atoms with van der Waals surface area (Å²) in [5.74, 6) is 0. The van der Waals surface area contributed by atoms with Gasteiger partial charge in [-0.1, -0.05) is 26.0 Å². The highest BCUT2D eigenvalue weighted by molar-refractivity contribution is 4.81. The zero-order chi connectivity index (χ0) is 12.6. The van der Waals surface area contributed by atoms with Crippen molar-refractivity contribution >= 4 is 0 Å². The van der Waals surface area contributed by atoms with E-state index in [-0.39, 0.29) is 0 Å². The molecule has 0 aliphatic rings. The zero-order valence-corrected chi connectivity index (χ0v) is 11.6. The molecule has 0 saturated carbocycles. The van der Waals surface area contributed by atoms with Crippen molar-refractivity contribution in [3.05, 3.63) is 12.2 Å². The van der Waals surface area contributed by atoms with E-state index in [9.17, 15) is 0 Å². The van der Waals surface area contributed by atoms with Gasteiger partial charge < -0.3 is 14.8 Å². The van der Waals surface area contributed by atoms with Gasteiger partial charge >= 0.3 is 0 Å². The Morgan fingerprint density at radius 1 is 1.12 bits per heavy atom. The van der Waals surface area contributed by atoms with Gasteiger partial charge in [0.05, 0.1) is 25.9 Å². The number of nitrogens with one attached hydrogen (secondary N) is 1. The number of ether oxygens (including phenoxy) is 2. The predicted octanol–water partition coefficient (Wildman–Crippen LogP) is 2.62. The van der Waals surface area contributed by atoms with Crippen molar-refractivity contribution in [2.75, 3.05) is 33.4 Å². The minimum absolute atomic E-state index is 0.296. The van der Waals surface area contributed by atoms with Crippen LogP contribution < -0.4 is 5.32 Å². The molecule has 3 heteroatoms. The Morgan fingerprint density at radius 2 is 1.81 bits per heavy atom. The molecule has 16 heavy (non-hydrogen) atoms. The van der Waals surface area contributed by atoms with E-state index >= 15 is 0 Å². The van der Waals surface area contributed by atoms with Crippen LogP contribution in [0.4, 0.5) is 0 Å². The number of hydrogen-bond acceptors (Lipinski definition) is 3. The molecule has 0 atom stereocenters. The molecular formula is C13H29NO2. The Hall–Kier alpha value is -0.380. The fraction of sp³-hybridized carbons (Fsp3) is 0.846. The predicted molar refractivity (Wildman–Crippen MR) is 70.9 cm³/mol. The van der Waals surface area contributed by atoms with Crippen molar-refractivity contribution < 1.29 is 9.47 Å². The minimum Gasteiger partial charge on any atom is -0.376 e. The van der Waals surface area contributed by atoms with E-state index in [1.807, 2.05) is 40.8 Å². The molecule has 0 radical (unpaired) electrons. The monoisotopic (exact) mass is 231 g/mol. The molecule has 0 fully saturated rings. The van der Waals surface area contributed by atoms with Crippen LogP contribution in [0.2, 0.25) is 0 Å². The first kappa shape index (κ1) is 18.0. The zero-order valence-electron chi connectivity index (χ0n) is 11.6. The molecule has 0 unspecified atom stereocenters. The van der Waals surface area contributed by atoms with Crippen LogP contribution in [-0.4, -0.2) is 39.5 Å². The van der Waals surface area contributed by atoms with Crippen LogP contribution in [0.1, 0.15) is 34.1 Å². The summed E-state index contributed by atoms with van der Waals surface area (Å²) in [7, 11) is 1.95. The third-order valence-electron chi connectivity index (χ3n) is 1.62. The molecule has 0 aliphatic carbocycles.